The largest absolute Gasteiger partial charge is 0.340 e. The molecule has 1 aliphatic carbocycles. The smallest absolute Gasteiger partial charge is 0.223 e. The summed E-state index contributed by atoms with van der Waals surface area (Å²) in [6.45, 7) is 11.5. The van der Waals surface area contributed by atoms with Crippen LogP contribution in [0.1, 0.15) is 65.2 Å². The van der Waals surface area contributed by atoms with E-state index in [1.54, 1.807) is 0 Å². The van der Waals surface area contributed by atoms with Gasteiger partial charge in [0.15, 0.2) is 0 Å². The minimum Gasteiger partial charge on any atom is -0.340 e. The number of carbonyl (C=O) groups excluding carboxylic acids is 1. The highest BCUT2D eigenvalue weighted by Gasteiger charge is 2.35. The molecule has 2 N–H and O–H groups in total. The predicted molar refractivity (Wildman–Crippen MR) is 107 cm³/mol. The maximum absolute atomic E-state index is 12.8. The number of piperazine rings is 1. The zero-order valence-corrected chi connectivity index (χ0v) is 17.1. The van der Waals surface area contributed by atoms with Crippen molar-refractivity contribution in [1.82, 2.24) is 14.7 Å². The first kappa shape index (κ1) is 20.1. The monoisotopic (exact) mass is 364 g/mol. The van der Waals surface area contributed by atoms with Crippen molar-refractivity contribution in [2.24, 2.45) is 11.1 Å². The lowest BCUT2D eigenvalue weighted by Gasteiger charge is -2.40. The summed E-state index contributed by atoms with van der Waals surface area (Å²) in [5.74, 6) is 0.346. The van der Waals surface area contributed by atoms with Gasteiger partial charge >= 0.3 is 0 Å². The van der Waals surface area contributed by atoms with Crippen molar-refractivity contribution in [3.63, 3.8) is 0 Å². The second kappa shape index (κ2) is 9.03. The first-order valence-corrected chi connectivity index (χ1v) is 11.0. The molecule has 2 unspecified atom stereocenters. The third kappa shape index (κ3) is 4.79. The minimum atomic E-state index is 0.0918. The van der Waals surface area contributed by atoms with Gasteiger partial charge in [-0.1, -0.05) is 19.3 Å². The molecular weight excluding hydrogens is 324 g/mol. The average Bonchev–Trinajstić information content (AvgIpc) is 2.99. The zero-order chi connectivity index (χ0) is 18.6. The minimum absolute atomic E-state index is 0.0918. The fraction of sp³-hybridized carbons (Fsp3) is 0.952. The molecule has 2 aliphatic heterocycles. The van der Waals surface area contributed by atoms with Gasteiger partial charge < -0.3 is 10.6 Å². The number of hydrogen-bond acceptors (Lipinski definition) is 4. The van der Waals surface area contributed by atoms with Gasteiger partial charge in [0.2, 0.25) is 5.91 Å². The average molecular weight is 365 g/mol. The summed E-state index contributed by atoms with van der Waals surface area (Å²) in [6.07, 6.45) is 9.42. The van der Waals surface area contributed by atoms with Gasteiger partial charge in [-0.25, -0.2) is 0 Å². The first-order valence-electron chi connectivity index (χ1n) is 11.0. The highest BCUT2D eigenvalue weighted by atomic mass is 16.2. The Balaban J connectivity index is 1.41. The molecule has 0 aromatic carbocycles. The summed E-state index contributed by atoms with van der Waals surface area (Å²) in [5.41, 5.74) is 6.17. The van der Waals surface area contributed by atoms with Crippen molar-refractivity contribution in [2.75, 3.05) is 45.8 Å². The molecule has 0 bridgehead atoms. The van der Waals surface area contributed by atoms with E-state index in [4.69, 9.17) is 5.73 Å². The number of nitrogens with two attached hydrogens (primary N) is 1. The molecule has 0 aromatic rings. The molecule has 3 fully saturated rings. The van der Waals surface area contributed by atoms with E-state index in [-0.39, 0.29) is 5.41 Å². The molecule has 0 spiro atoms. The summed E-state index contributed by atoms with van der Waals surface area (Å²) >= 11 is 0. The van der Waals surface area contributed by atoms with Crippen LogP contribution in [0.4, 0.5) is 0 Å². The molecule has 5 nitrogen and oxygen atoms in total. The van der Waals surface area contributed by atoms with E-state index in [1.165, 1.54) is 38.6 Å². The molecule has 150 valence electrons. The van der Waals surface area contributed by atoms with Crippen molar-refractivity contribution in [3.05, 3.63) is 0 Å². The normalized spacial score (nSPS) is 30.7. The molecule has 5 heteroatoms. The maximum Gasteiger partial charge on any atom is 0.223 e. The molecule has 0 radical (unpaired) electrons. The second-order valence-corrected chi connectivity index (χ2v) is 9.18. The van der Waals surface area contributed by atoms with Gasteiger partial charge in [-0.3, -0.25) is 14.6 Å². The fourth-order valence-corrected chi connectivity index (χ4v) is 5.35. The molecule has 1 saturated carbocycles. The Kier molecular flexibility index (Phi) is 6.98. The van der Waals surface area contributed by atoms with Gasteiger partial charge in [0.1, 0.15) is 0 Å². The van der Waals surface area contributed by atoms with Crippen LogP contribution >= 0.6 is 0 Å². The summed E-state index contributed by atoms with van der Waals surface area (Å²) in [6, 6.07) is 1.46. The van der Waals surface area contributed by atoms with Crippen LogP contribution < -0.4 is 5.73 Å². The zero-order valence-electron chi connectivity index (χ0n) is 17.1. The molecule has 3 rings (SSSR count). The Hall–Kier alpha value is -0.650. The van der Waals surface area contributed by atoms with Crippen molar-refractivity contribution in [1.29, 1.82) is 0 Å². The van der Waals surface area contributed by atoms with Gasteiger partial charge in [0.05, 0.1) is 0 Å². The van der Waals surface area contributed by atoms with Crippen LogP contribution in [0.5, 0.6) is 0 Å². The van der Waals surface area contributed by atoms with Crippen LogP contribution in [0.15, 0.2) is 0 Å². The van der Waals surface area contributed by atoms with E-state index in [0.29, 0.717) is 18.9 Å². The highest BCUT2D eigenvalue weighted by molar-refractivity contribution is 5.77. The fourth-order valence-electron chi connectivity index (χ4n) is 5.35. The number of carbonyl (C=O) groups is 1. The molecule has 2 heterocycles. The summed E-state index contributed by atoms with van der Waals surface area (Å²) < 4.78 is 0. The van der Waals surface area contributed by atoms with Gasteiger partial charge in [0.25, 0.3) is 0 Å². The van der Waals surface area contributed by atoms with E-state index >= 15 is 0 Å². The van der Waals surface area contributed by atoms with E-state index < -0.39 is 0 Å². The lowest BCUT2D eigenvalue weighted by molar-refractivity contribution is -0.136. The topological polar surface area (TPSA) is 52.8 Å². The number of amides is 1. The maximum atomic E-state index is 12.8. The predicted octanol–water partition coefficient (Wildman–Crippen LogP) is 2.30. The van der Waals surface area contributed by atoms with Crippen LogP contribution in [0.3, 0.4) is 0 Å². The van der Waals surface area contributed by atoms with Gasteiger partial charge in [-0.05, 0) is 51.5 Å². The number of hydrogen-bond donors (Lipinski definition) is 1. The first-order chi connectivity index (χ1) is 12.5. The van der Waals surface area contributed by atoms with Gasteiger partial charge in [-0.2, -0.15) is 0 Å². The molecule has 2 atom stereocenters. The lowest BCUT2D eigenvalue weighted by Crippen LogP contribution is -2.52. The van der Waals surface area contributed by atoms with E-state index in [0.717, 1.165) is 57.6 Å². The molecular formula is C21H40N4O. The number of likely N-dealkylation sites (tertiary alicyclic amines) is 1. The van der Waals surface area contributed by atoms with Crippen molar-refractivity contribution in [3.8, 4) is 0 Å². The molecule has 26 heavy (non-hydrogen) atoms. The molecule has 1 amide bonds. The second-order valence-electron chi connectivity index (χ2n) is 9.18. The van der Waals surface area contributed by atoms with E-state index in [2.05, 4.69) is 28.5 Å². The Bertz CT molecular complexity index is 445. The summed E-state index contributed by atoms with van der Waals surface area (Å²) in [7, 11) is 0. The summed E-state index contributed by atoms with van der Waals surface area (Å²) in [5, 5.41) is 0. The van der Waals surface area contributed by atoms with Crippen LogP contribution in [-0.2, 0) is 4.79 Å². The van der Waals surface area contributed by atoms with Crippen LogP contribution in [-0.4, -0.2) is 78.5 Å². The van der Waals surface area contributed by atoms with Crippen molar-refractivity contribution < 1.29 is 4.79 Å². The van der Waals surface area contributed by atoms with Crippen LogP contribution in [0.25, 0.3) is 0 Å². The number of rotatable bonds is 6. The molecule has 2 saturated heterocycles. The third-order valence-electron chi connectivity index (χ3n) is 7.41. The van der Waals surface area contributed by atoms with Gasteiger partial charge in [-0.15, -0.1) is 0 Å². The quantitative estimate of drug-likeness (QED) is 0.786. The van der Waals surface area contributed by atoms with E-state index in [9.17, 15) is 4.79 Å². The van der Waals surface area contributed by atoms with Crippen molar-refractivity contribution in [2.45, 2.75) is 77.3 Å². The third-order valence-corrected chi connectivity index (χ3v) is 7.41. The Labute approximate surface area is 160 Å². The summed E-state index contributed by atoms with van der Waals surface area (Å²) in [4.78, 5) is 20.1. The standard InChI is InChI=1S/C21H40N4O/c1-18-6-7-19(2)25(18)15-12-23-10-13-24(14-11-23)20(26)16-21(17-22)8-4-3-5-9-21/h18-19H,3-17,22H2,1-2H3. The van der Waals surface area contributed by atoms with Gasteiger partial charge in [0, 0.05) is 57.8 Å². The van der Waals surface area contributed by atoms with Crippen LogP contribution in [0.2, 0.25) is 0 Å². The Morgan fingerprint density at radius 2 is 1.58 bits per heavy atom. The highest BCUT2D eigenvalue weighted by Crippen LogP contribution is 2.38. The Morgan fingerprint density at radius 3 is 2.15 bits per heavy atom. The van der Waals surface area contributed by atoms with Crippen molar-refractivity contribution >= 4 is 5.91 Å². The Morgan fingerprint density at radius 1 is 0.962 bits per heavy atom. The van der Waals surface area contributed by atoms with Crippen LogP contribution in [0, 0.1) is 5.41 Å². The lowest BCUT2D eigenvalue weighted by atomic mass is 9.71. The van der Waals surface area contributed by atoms with E-state index in [1.807, 2.05) is 0 Å². The molecule has 3 aliphatic rings. The molecule has 0 aromatic heterocycles. The number of nitrogens with zero attached hydrogens (tertiary/aromatic N) is 3. The SMILES string of the molecule is CC1CCC(C)N1CCN1CCN(C(=O)CC2(CN)CCCCC2)CC1.